The van der Waals surface area contributed by atoms with Crippen LogP contribution in [-0.4, -0.2) is 22.9 Å². The predicted molar refractivity (Wildman–Crippen MR) is 61.8 cm³/mol. The van der Waals surface area contributed by atoms with Crippen LogP contribution in [0.1, 0.15) is 43.7 Å². The second-order valence-electron chi connectivity index (χ2n) is 4.35. The van der Waals surface area contributed by atoms with Crippen molar-refractivity contribution < 1.29 is 4.74 Å². The lowest BCUT2D eigenvalue weighted by atomic mass is 10.0. The van der Waals surface area contributed by atoms with Gasteiger partial charge in [-0.15, -0.1) is 0 Å². The second kappa shape index (κ2) is 5.92. The minimum atomic E-state index is 0.0805. The molecule has 88 valence electrons. The van der Waals surface area contributed by atoms with E-state index in [-0.39, 0.29) is 6.04 Å². The van der Waals surface area contributed by atoms with Crippen molar-refractivity contribution in [3.8, 4) is 0 Å². The molecule has 4 heteroatoms. The summed E-state index contributed by atoms with van der Waals surface area (Å²) < 4.78 is 5.58. The first kappa shape index (κ1) is 11.5. The first-order valence-corrected chi connectivity index (χ1v) is 6.00. The second-order valence-corrected chi connectivity index (χ2v) is 4.35. The summed E-state index contributed by atoms with van der Waals surface area (Å²) in [5, 5.41) is 7.58. The fraction of sp³-hybridized carbons (Fsp3) is 0.667. The van der Waals surface area contributed by atoms with Gasteiger partial charge in [-0.25, -0.2) is 0 Å². The zero-order chi connectivity index (χ0) is 11.2. The van der Waals surface area contributed by atoms with Gasteiger partial charge in [-0.05, 0) is 43.7 Å². The molecule has 16 heavy (non-hydrogen) atoms. The third-order valence-electron chi connectivity index (χ3n) is 3.10. The monoisotopic (exact) mass is 221 g/mol. The molecule has 0 aliphatic carbocycles. The zero-order valence-corrected chi connectivity index (χ0v) is 9.51. The topological polar surface area (TPSA) is 61.0 Å². The lowest BCUT2D eigenvalue weighted by Crippen LogP contribution is -2.12. The van der Waals surface area contributed by atoms with Crippen LogP contribution in [-0.2, 0) is 4.74 Å². The van der Waals surface area contributed by atoms with Crippen LogP contribution in [0, 0.1) is 0 Å². The van der Waals surface area contributed by atoms with E-state index in [2.05, 4.69) is 10.2 Å². The van der Waals surface area contributed by atoms with Gasteiger partial charge >= 0.3 is 0 Å². The Kier molecular flexibility index (Phi) is 4.25. The van der Waals surface area contributed by atoms with Crippen LogP contribution in [0.4, 0.5) is 0 Å². The van der Waals surface area contributed by atoms with E-state index in [9.17, 15) is 0 Å². The van der Waals surface area contributed by atoms with Crippen LogP contribution < -0.4 is 5.73 Å². The third kappa shape index (κ3) is 3.25. The van der Waals surface area contributed by atoms with E-state index in [1.165, 1.54) is 12.8 Å². The quantitative estimate of drug-likeness (QED) is 0.824. The van der Waals surface area contributed by atoms with Gasteiger partial charge in [0, 0.05) is 18.8 Å². The Morgan fingerprint density at radius 3 is 3.12 bits per heavy atom. The van der Waals surface area contributed by atoms with E-state index in [4.69, 9.17) is 10.5 Å². The molecule has 2 N–H and O–H groups in total. The first-order chi connectivity index (χ1) is 7.86. The molecule has 1 aliphatic rings. The molecule has 2 atom stereocenters. The highest BCUT2D eigenvalue weighted by Gasteiger charge is 2.15. The van der Waals surface area contributed by atoms with E-state index >= 15 is 0 Å². The van der Waals surface area contributed by atoms with Crippen LogP contribution in [0.25, 0.3) is 0 Å². The fourth-order valence-corrected chi connectivity index (χ4v) is 2.12. The molecule has 4 nitrogen and oxygen atoms in total. The molecule has 0 bridgehead atoms. The van der Waals surface area contributed by atoms with Crippen LogP contribution in [0.3, 0.4) is 0 Å². The van der Waals surface area contributed by atoms with Crippen LogP contribution >= 0.6 is 0 Å². The number of ether oxygens (including phenoxy) is 1. The summed E-state index contributed by atoms with van der Waals surface area (Å²) in [6, 6.07) is 2.01. The number of nitrogens with zero attached hydrogens (tertiary/aromatic N) is 2. The van der Waals surface area contributed by atoms with Gasteiger partial charge in [0.05, 0.1) is 12.3 Å². The van der Waals surface area contributed by atoms with Gasteiger partial charge in [-0.3, -0.25) is 0 Å². The molecule has 1 aromatic rings. The summed E-state index contributed by atoms with van der Waals surface area (Å²) in [6.45, 7) is 0.936. The minimum Gasteiger partial charge on any atom is -0.378 e. The summed E-state index contributed by atoms with van der Waals surface area (Å²) in [4.78, 5) is 0. The van der Waals surface area contributed by atoms with Crippen molar-refractivity contribution in [2.45, 2.75) is 44.2 Å². The highest BCUT2D eigenvalue weighted by atomic mass is 16.5. The standard InChI is InChI=1S/C12H19N3O/c13-12(10-6-7-14-15-9-10)5-1-3-11-4-2-8-16-11/h6-7,9,11-12H,1-5,8,13H2. The van der Waals surface area contributed by atoms with Gasteiger partial charge in [0.15, 0.2) is 0 Å². The predicted octanol–water partition coefficient (Wildman–Crippen LogP) is 1.83. The SMILES string of the molecule is NC(CCCC1CCCO1)c1ccnnc1. The largest absolute Gasteiger partial charge is 0.378 e. The fourth-order valence-electron chi connectivity index (χ4n) is 2.12. The van der Waals surface area contributed by atoms with Gasteiger partial charge in [-0.1, -0.05) is 0 Å². The number of rotatable bonds is 5. The lowest BCUT2D eigenvalue weighted by Gasteiger charge is -2.13. The summed E-state index contributed by atoms with van der Waals surface area (Å²) in [5.74, 6) is 0. The highest BCUT2D eigenvalue weighted by Crippen LogP contribution is 2.21. The molecule has 0 radical (unpaired) electrons. The molecule has 1 aliphatic heterocycles. The van der Waals surface area contributed by atoms with E-state index in [0.29, 0.717) is 6.10 Å². The van der Waals surface area contributed by atoms with Crippen molar-refractivity contribution in [1.29, 1.82) is 0 Å². The summed E-state index contributed by atoms with van der Waals surface area (Å²) in [5.41, 5.74) is 7.14. The Balaban J connectivity index is 1.69. The Hall–Kier alpha value is -1.00. The molecule has 2 rings (SSSR count). The number of nitrogens with two attached hydrogens (primary N) is 1. The van der Waals surface area contributed by atoms with Crippen molar-refractivity contribution in [3.05, 3.63) is 24.0 Å². The van der Waals surface area contributed by atoms with E-state index in [1.807, 2.05) is 6.07 Å². The molecule has 0 amide bonds. The molecular formula is C12H19N3O. The third-order valence-corrected chi connectivity index (χ3v) is 3.10. The lowest BCUT2D eigenvalue weighted by molar-refractivity contribution is 0.101. The highest BCUT2D eigenvalue weighted by molar-refractivity contribution is 5.10. The Labute approximate surface area is 96.2 Å². The van der Waals surface area contributed by atoms with Gasteiger partial charge in [0.25, 0.3) is 0 Å². The molecule has 1 saturated heterocycles. The normalized spacial score (nSPS) is 22.2. The summed E-state index contributed by atoms with van der Waals surface area (Å²) in [7, 11) is 0. The maximum absolute atomic E-state index is 6.07. The molecular weight excluding hydrogens is 202 g/mol. The molecule has 2 unspecified atom stereocenters. The Bertz CT molecular complexity index is 298. The number of hydrogen-bond donors (Lipinski definition) is 1. The van der Waals surface area contributed by atoms with Gasteiger partial charge in [0.1, 0.15) is 0 Å². The maximum Gasteiger partial charge on any atom is 0.0576 e. The van der Waals surface area contributed by atoms with E-state index in [1.54, 1.807) is 12.4 Å². The van der Waals surface area contributed by atoms with Crippen LogP contribution in [0.5, 0.6) is 0 Å². The molecule has 1 fully saturated rings. The minimum absolute atomic E-state index is 0.0805. The van der Waals surface area contributed by atoms with Gasteiger partial charge in [0.2, 0.25) is 0 Å². The Morgan fingerprint density at radius 2 is 2.44 bits per heavy atom. The molecule has 2 heterocycles. The molecule has 0 saturated carbocycles. The molecule has 1 aromatic heterocycles. The van der Waals surface area contributed by atoms with Crippen molar-refractivity contribution in [2.75, 3.05) is 6.61 Å². The van der Waals surface area contributed by atoms with Crippen LogP contribution in [0.2, 0.25) is 0 Å². The summed E-state index contributed by atoms with van der Waals surface area (Å²) >= 11 is 0. The first-order valence-electron chi connectivity index (χ1n) is 6.00. The van der Waals surface area contributed by atoms with Crippen molar-refractivity contribution in [3.63, 3.8) is 0 Å². The summed E-state index contributed by atoms with van der Waals surface area (Å²) in [6.07, 6.45) is 9.58. The zero-order valence-electron chi connectivity index (χ0n) is 9.51. The Morgan fingerprint density at radius 1 is 1.50 bits per heavy atom. The maximum atomic E-state index is 6.07. The number of hydrogen-bond acceptors (Lipinski definition) is 4. The van der Waals surface area contributed by atoms with Crippen LogP contribution in [0.15, 0.2) is 18.5 Å². The van der Waals surface area contributed by atoms with Gasteiger partial charge < -0.3 is 10.5 Å². The van der Waals surface area contributed by atoms with Crippen molar-refractivity contribution >= 4 is 0 Å². The number of aromatic nitrogens is 2. The average Bonchev–Trinajstić information content (AvgIpc) is 2.83. The van der Waals surface area contributed by atoms with Crippen molar-refractivity contribution in [2.24, 2.45) is 5.73 Å². The molecule has 0 aromatic carbocycles. The molecule has 0 spiro atoms. The van der Waals surface area contributed by atoms with E-state index in [0.717, 1.165) is 31.4 Å². The smallest absolute Gasteiger partial charge is 0.0576 e. The van der Waals surface area contributed by atoms with Gasteiger partial charge in [-0.2, -0.15) is 10.2 Å². The average molecular weight is 221 g/mol. The van der Waals surface area contributed by atoms with E-state index < -0.39 is 0 Å². The van der Waals surface area contributed by atoms with Crippen molar-refractivity contribution in [1.82, 2.24) is 10.2 Å².